The van der Waals surface area contributed by atoms with Crippen molar-refractivity contribution >= 4 is 5.91 Å². The zero-order valence-electron chi connectivity index (χ0n) is 13.4. The van der Waals surface area contributed by atoms with E-state index in [0.717, 1.165) is 18.7 Å². The van der Waals surface area contributed by atoms with Gasteiger partial charge in [0.15, 0.2) is 5.82 Å². The lowest BCUT2D eigenvalue weighted by atomic mass is 10.2. The molecule has 122 valence electrons. The molecule has 2 aromatic rings. The third kappa shape index (κ3) is 2.84. The van der Waals surface area contributed by atoms with Gasteiger partial charge in [-0.1, -0.05) is 0 Å². The second-order valence-electron chi connectivity index (χ2n) is 5.35. The van der Waals surface area contributed by atoms with Gasteiger partial charge < -0.3 is 14.4 Å². The van der Waals surface area contributed by atoms with Crippen LogP contribution in [-0.2, 0) is 0 Å². The lowest BCUT2D eigenvalue weighted by molar-refractivity contribution is 0.0725. The molecule has 0 unspecified atom stereocenters. The molecule has 8 nitrogen and oxygen atoms in total. The Bertz CT molecular complexity index is 715. The molecule has 1 saturated heterocycles. The Labute approximate surface area is 133 Å². The first-order valence-corrected chi connectivity index (χ1v) is 7.43. The summed E-state index contributed by atoms with van der Waals surface area (Å²) in [6.07, 6.45) is 1.75. The van der Waals surface area contributed by atoms with Gasteiger partial charge in [0.25, 0.3) is 5.91 Å². The van der Waals surface area contributed by atoms with Crippen LogP contribution >= 0.6 is 0 Å². The van der Waals surface area contributed by atoms with E-state index in [2.05, 4.69) is 20.2 Å². The van der Waals surface area contributed by atoms with Crippen molar-refractivity contribution < 1.29 is 14.3 Å². The molecule has 8 heteroatoms. The van der Waals surface area contributed by atoms with Crippen LogP contribution in [0.3, 0.4) is 0 Å². The summed E-state index contributed by atoms with van der Waals surface area (Å²) in [6.45, 7) is 2.50. The first kappa shape index (κ1) is 15.3. The predicted molar refractivity (Wildman–Crippen MR) is 81.5 cm³/mol. The summed E-state index contributed by atoms with van der Waals surface area (Å²) in [6, 6.07) is 3.20. The molecule has 0 spiro atoms. The highest BCUT2D eigenvalue weighted by Crippen LogP contribution is 2.33. The van der Waals surface area contributed by atoms with E-state index in [9.17, 15) is 4.79 Å². The van der Waals surface area contributed by atoms with Crippen molar-refractivity contribution in [3.05, 3.63) is 29.3 Å². The van der Waals surface area contributed by atoms with Crippen LogP contribution in [0.2, 0.25) is 0 Å². The van der Waals surface area contributed by atoms with Crippen LogP contribution in [0.25, 0.3) is 0 Å². The number of aromatic amines is 1. The molecule has 3 heterocycles. The van der Waals surface area contributed by atoms with E-state index in [1.165, 1.54) is 14.2 Å². The van der Waals surface area contributed by atoms with Gasteiger partial charge in [-0.3, -0.25) is 9.89 Å². The number of hydrogen-bond donors (Lipinski definition) is 1. The molecule has 2 aromatic heterocycles. The zero-order valence-corrected chi connectivity index (χ0v) is 13.4. The molecule has 3 rings (SSSR count). The maximum atomic E-state index is 12.9. The van der Waals surface area contributed by atoms with E-state index in [1.807, 2.05) is 6.92 Å². The Morgan fingerprint density at radius 2 is 2.13 bits per heavy atom. The molecule has 1 atom stereocenters. The summed E-state index contributed by atoms with van der Waals surface area (Å²) in [5.41, 5.74) is 0.410. The predicted octanol–water partition coefficient (Wildman–Crippen LogP) is 1.50. The number of aromatic nitrogens is 4. The van der Waals surface area contributed by atoms with Crippen molar-refractivity contribution in [1.29, 1.82) is 0 Å². The normalized spacial score (nSPS) is 17.3. The van der Waals surface area contributed by atoms with Crippen molar-refractivity contribution in [1.82, 2.24) is 25.1 Å². The minimum absolute atomic E-state index is 0.126. The van der Waals surface area contributed by atoms with Gasteiger partial charge in [-0.15, -0.1) is 0 Å². The number of nitrogens with one attached hydrogen (secondary N) is 1. The highest BCUT2D eigenvalue weighted by molar-refractivity contribution is 5.96. The second-order valence-corrected chi connectivity index (χ2v) is 5.35. The number of H-pyrrole nitrogens is 1. The Kier molecular flexibility index (Phi) is 4.14. The van der Waals surface area contributed by atoms with Gasteiger partial charge in [0.2, 0.25) is 11.8 Å². The number of carbonyl (C=O) groups is 1. The Balaban J connectivity index is 1.90. The number of carbonyl (C=O) groups excluding carboxylic acids is 1. The number of methoxy groups -OCH3 is 2. The number of aryl methyl sites for hydroxylation is 1. The fourth-order valence-electron chi connectivity index (χ4n) is 2.80. The Morgan fingerprint density at radius 3 is 2.78 bits per heavy atom. The average Bonchev–Trinajstić information content (AvgIpc) is 3.22. The Morgan fingerprint density at radius 1 is 1.30 bits per heavy atom. The quantitative estimate of drug-likeness (QED) is 0.918. The van der Waals surface area contributed by atoms with Crippen molar-refractivity contribution in [3.8, 4) is 11.8 Å². The maximum Gasteiger partial charge on any atom is 0.259 e. The fourth-order valence-corrected chi connectivity index (χ4v) is 2.80. The smallest absolute Gasteiger partial charge is 0.259 e. The lowest BCUT2D eigenvalue weighted by Crippen LogP contribution is -2.31. The number of ether oxygens (including phenoxy) is 2. The summed E-state index contributed by atoms with van der Waals surface area (Å²) in [5.74, 6) is 1.91. The topological polar surface area (TPSA) is 93.2 Å². The number of rotatable bonds is 4. The van der Waals surface area contributed by atoms with Gasteiger partial charge >= 0.3 is 0 Å². The number of nitrogens with zero attached hydrogens (tertiary/aromatic N) is 4. The van der Waals surface area contributed by atoms with Gasteiger partial charge in [-0.25, -0.2) is 4.98 Å². The summed E-state index contributed by atoms with van der Waals surface area (Å²) < 4.78 is 10.3. The monoisotopic (exact) mass is 317 g/mol. The fraction of sp³-hybridized carbons (Fsp3) is 0.467. The zero-order chi connectivity index (χ0) is 16.4. The van der Waals surface area contributed by atoms with Crippen LogP contribution in [0, 0.1) is 6.92 Å². The number of amides is 1. The van der Waals surface area contributed by atoms with Crippen LogP contribution in [0.15, 0.2) is 12.1 Å². The van der Waals surface area contributed by atoms with Gasteiger partial charge in [-0.05, 0) is 25.8 Å². The summed E-state index contributed by atoms with van der Waals surface area (Å²) in [7, 11) is 3.00. The molecule has 1 aliphatic rings. The summed E-state index contributed by atoms with van der Waals surface area (Å²) in [5, 5.41) is 7.03. The first-order chi connectivity index (χ1) is 11.1. The molecule has 0 aromatic carbocycles. The summed E-state index contributed by atoms with van der Waals surface area (Å²) >= 11 is 0. The molecule has 1 aliphatic heterocycles. The number of hydrogen-bond acceptors (Lipinski definition) is 6. The molecule has 1 fully saturated rings. The third-order valence-corrected chi connectivity index (χ3v) is 3.89. The molecule has 23 heavy (non-hydrogen) atoms. The molecule has 0 radical (unpaired) electrons. The summed E-state index contributed by atoms with van der Waals surface area (Å²) in [4.78, 5) is 23.2. The Hall–Kier alpha value is -2.64. The first-order valence-electron chi connectivity index (χ1n) is 7.43. The van der Waals surface area contributed by atoms with Crippen molar-refractivity contribution in [3.63, 3.8) is 0 Å². The molecular formula is C15H19N5O3. The van der Waals surface area contributed by atoms with E-state index < -0.39 is 0 Å². The van der Waals surface area contributed by atoms with Crippen LogP contribution in [0.5, 0.6) is 11.8 Å². The minimum Gasteiger partial charge on any atom is -0.481 e. The third-order valence-electron chi connectivity index (χ3n) is 3.89. The van der Waals surface area contributed by atoms with E-state index >= 15 is 0 Å². The van der Waals surface area contributed by atoms with E-state index in [1.54, 1.807) is 17.0 Å². The highest BCUT2D eigenvalue weighted by Gasteiger charge is 2.34. The van der Waals surface area contributed by atoms with Crippen LogP contribution < -0.4 is 9.47 Å². The SMILES string of the molecule is COc1ccc(C(=O)N2CCC[C@@H]2c2n[nH]c(C)n2)c(OC)n1. The molecular weight excluding hydrogens is 298 g/mol. The molecule has 0 bridgehead atoms. The lowest BCUT2D eigenvalue weighted by Gasteiger charge is -2.23. The highest BCUT2D eigenvalue weighted by atomic mass is 16.5. The van der Waals surface area contributed by atoms with Crippen molar-refractivity contribution in [2.45, 2.75) is 25.8 Å². The molecule has 1 amide bonds. The van der Waals surface area contributed by atoms with Crippen LogP contribution in [0.1, 0.15) is 40.9 Å². The van der Waals surface area contributed by atoms with Crippen LogP contribution in [-0.4, -0.2) is 51.7 Å². The average molecular weight is 317 g/mol. The van der Waals surface area contributed by atoms with Gasteiger partial charge in [0.1, 0.15) is 11.4 Å². The second kappa shape index (κ2) is 6.23. The van der Waals surface area contributed by atoms with Gasteiger partial charge in [-0.2, -0.15) is 10.1 Å². The molecule has 0 aliphatic carbocycles. The number of likely N-dealkylation sites (tertiary alicyclic amines) is 1. The largest absolute Gasteiger partial charge is 0.481 e. The maximum absolute atomic E-state index is 12.9. The number of pyridine rings is 1. The van der Waals surface area contributed by atoms with Crippen molar-refractivity contribution in [2.24, 2.45) is 0 Å². The van der Waals surface area contributed by atoms with Gasteiger partial charge in [0.05, 0.1) is 20.3 Å². The minimum atomic E-state index is -0.137. The van der Waals surface area contributed by atoms with Crippen LogP contribution in [0.4, 0.5) is 0 Å². The molecule has 0 saturated carbocycles. The standard InChI is InChI=1S/C15H19N5O3/c1-9-16-13(19-18-9)11-5-4-8-20(11)15(21)10-6-7-12(22-2)17-14(10)23-3/h6-7,11H,4-5,8H2,1-3H3,(H,16,18,19)/t11-/m1/s1. The van der Waals surface area contributed by atoms with Gasteiger partial charge in [0, 0.05) is 12.6 Å². The van der Waals surface area contributed by atoms with Crippen molar-refractivity contribution in [2.75, 3.05) is 20.8 Å². The van der Waals surface area contributed by atoms with E-state index in [0.29, 0.717) is 23.8 Å². The van der Waals surface area contributed by atoms with E-state index in [-0.39, 0.29) is 17.8 Å². The van der Waals surface area contributed by atoms with E-state index in [4.69, 9.17) is 9.47 Å². The molecule has 1 N–H and O–H groups in total.